The van der Waals surface area contributed by atoms with Crippen LogP contribution in [0, 0.1) is 0 Å². The standard InChI is InChI=1S/C9H9NOS/c11-9-7-2-1-3-8(12)6(7)4-5-10-9/h1-3,12H,4-5H2,(H,10,11). The maximum absolute atomic E-state index is 11.3. The fourth-order valence-electron chi connectivity index (χ4n) is 1.45. The third kappa shape index (κ3) is 1.10. The molecule has 3 heteroatoms. The highest BCUT2D eigenvalue weighted by Crippen LogP contribution is 2.20. The van der Waals surface area contributed by atoms with Crippen LogP contribution in [0.15, 0.2) is 23.1 Å². The minimum absolute atomic E-state index is 0.0205. The molecule has 1 aromatic rings. The lowest BCUT2D eigenvalue weighted by atomic mass is 10.0. The molecule has 1 aliphatic heterocycles. The summed E-state index contributed by atoms with van der Waals surface area (Å²) < 4.78 is 0. The predicted octanol–water partition coefficient (Wildman–Crippen LogP) is 1.26. The van der Waals surface area contributed by atoms with Crippen LogP contribution in [0.2, 0.25) is 0 Å². The molecular weight excluding hydrogens is 170 g/mol. The largest absolute Gasteiger partial charge is 0.352 e. The van der Waals surface area contributed by atoms with E-state index in [2.05, 4.69) is 17.9 Å². The van der Waals surface area contributed by atoms with E-state index in [1.807, 2.05) is 18.2 Å². The summed E-state index contributed by atoms with van der Waals surface area (Å²) in [5.74, 6) is 0.0205. The van der Waals surface area contributed by atoms with Crippen molar-refractivity contribution in [2.75, 3.05) is 6.54 Å². The lowest BCUT2D eigenvalue weighted by molar-refractivity contribution is 0.0945. The van der Waals surface area contributed by atoms with Gasteiger partial charge in [0.25, 0.3) is 5.91 Å². The van der Waals surface area contributed by atoms with Crippen LogP contribution in [0.5, 0.6) is 0 Å². The van der Waals surface area contributed by atoms with Gasteiger partial charge in [-0.05, 0) is 24.1 Å². The highest BCUT2D eigenvalue weighted by atomic mass is 32.1. The van der Waals surface area contributed by atoms with E-state index >= 15 is 0 Å². The summed E-state index contributed by atoms with van der Waals surface area (Å²) in [5.41, 5.74) is 1.85. The second-order valence-corrected chi connectivity index (χ2v) is 3.29. The van der Waals surface area contributed by atoms with Gasteiger partial charge in [0.1, 0.15) is 0 Å². The van der Waals surface area contributed by atoms with Gasteiger partial charge in [-0.2, -0.15) is 0 Å². The van der Waals surface area contributed by atoms with E-state index in [4.69, 9.17) is 0 Å². The molecule has 0 radical (unpaired) electrons. The van der Waals surface area contributed by atoms with Crippen LogP contribution in [-0.2, 0) is 6.42 Å². The van der Waals surface area contributed by atoms with Crippen molar-refractivity contribution in [1.82, 2.24) is 5.32 Å². The van der Waals surface area contributed by atoms with Gasteiger partial charge in [0.15, 0.2) is 0 Å². The minimum atomic E-state index is 0.0205. The normalized spacial score (nSPS) is 15.2. The van der Waals surface area contributed by atoms with Gasteiger partial charge in [-0.25, -0.2) is 0 Å². The van der Waals surface area contributed by atoms with Crippen molar-refractivity contribution in [1.29, 1.82) is 0 Å². The average molecular weight is 179 g/mol. The topological polar surface area (TPSA) is 29.1 Å². The van der Waals surface area contributed by atoms with Gasteiger partial charge >= 0.3 is 0 Å². The Morgan fingerprint density at radius 1 is 1.42 bits per heavy atom. The van der Waals surface area contributed by atoms with Gasteiger partial charge in [0.2, 0.25) is 0 Å². The first-order valence-corrected chi connectivity index (χ1v) is 4.33. The van der Waals surface area contributed by atoms with E-state index in [0.29, 0.717) is 0 Å². The Hall–Kier alpha value is -0.960. The van der Waals surface area contributed by atoms with Crippen LogP contribution in [0.1, 0.15) is 15.9 Å². The minimum Gasteiger partial charge on any atom is -0.352 e. The molecule has 0 saturated heterocycles. The molecule has 0 fully saturated rings. The molecule has 0 saturated carbocycles. The highest BCUT2D eigenvalue weighted by Gasteiger charge is 2.17. The summed E-state index contributed by atoms with van der Waals surface area (Å²) in [6.45, 7) is 0.726. The van der Waals surface area contributed by atoms with Crippen LogP contribution in [0.4, 0.5) is 0 Å². The Bertz CT molecular complexity index is 335. The number of thiol groups is 1. The molecule has 2 rings (SSSR count). The van der Waals surface area contributed by atoms with E-state index in [1.54, 1.807) is 0 Å². The van der Waals surface area contributed by atoms with Crippen molar-refractivity contribution < 1.29 is 4.79 Å². The molecule has 1 amide bonds. The van der Waals surface area contributed by atoms with Gasteiger partial charge in [-0.15, -0.1) is 12.6 Å². The lowest BCUT2D eigenvalue weighted by Gasteiger charge is -2.17. The number of hydrogen-bond acceptors (Lipinski definition) is 2. The Kier molecular flexibility index (Phi) is 1.81. The second kappa shape index (κ2) is 2.83. The molecule has 0 aliphatic carbocycles. The Balaban J connectivity index is 2.59. The number of rotatable bonds is 0. The molecule has 1 N–H and O–H groups in total. The number of carbonyl (C=O) groups excluding carboxylic acids is 1. The van der Waals surface area contributed by atoms with E-state index in [0.717, 1.165) is 29.0 Å². The lowest BCUT2D eigenvalue weighted by Crippen LogP contribution is -2.31. The molecule has 0 unspecified atom stereocenters. The quantitative estimate of drug-likeness (QED) is 0.577. The zero-order valence-corrected chi connectivity index (χ0v) is 7.40. The highest BCUT2D eigenvalue weighted by molar-refractivity contribution is 7.80. The fourth-order valence-corrected chi connectivity index (χ4v) is 1.76. The summed E-state index contributed by atoms with van der Waals surface area (Å²) in [5, 5.41) is 2.79. The summed E-state index contributed by atoms with van der Waals surface area (Å²) in [7, 11) is 0. The fraction of sp³-hybridized carbons (Fsp3) is 0.222. The van der Waals surface area contributed by atoms with E-state index < -0.39 is 0 Å². The van der Waals surface area contributed by atoms with Crippen molar-refractivity contribution in [3.63, 3.8) is 0 Å². The Morgan fingerprint density at radius 2 is 2.25 bits per heavy atom. The number of hydrogen-bond donors (Lipinski definition) is 2. The molecule has 0 atom stereocenters. The van der Waals surface area contributed by atoms with Gasteiger partial charge in [-0.1, -0.05) is 6.07 Å². The third-order valence-electron chi connectivity index (χ3n) is 2.06. The SMILES string of the molecule is O=C1NCCc2c(S)cccc21. The number of nitrogens with one attached hydrogen (secondary N) is 1. The van der Waals surface area contributed by atoms with Crippen molar-refractivity contribution in [2.24, 2.45) is 0 Å². The van der Waals surface area contributed by atoms with Gasteiger partial charge < -0.3 is 5.32 Å². The zero-order valence-electron chi connectivity index (χ0n) is 6.50. The first-order valence-electron chi connectivity index (χ1n) is 3.88. The maximum Gasteiger partial charge on any atom is 0.251 e. The maximum atomic E-state index is 11.3. The smallest absolute Gasteiger partial charge is 0.251 e. The third-order valence-corrected chi connectivity index (χ3v) is 2.48. The van der Waals surface area contributed by atoms with Crippen LogP contribution >= 0.6 is 12.6 Å². The predicted molar refractivity (Wildman–Crippen MR) is 49.7 cm³/mol. The van der Waals surface area contributed by atoms with Gasteiger partial charge in [0.05, 0.1) is 0 Å². The molecule has 0 spiro atoms. The molecule has 62 valence electrons. The molecule has 1 aliphatic rings. The van der Waals surface area contributed by atoms with Crippen molar-refractivity contribution in [3.8, 4) is 0 Å². The van der Waals surface area contributed by atoms with E-state index in [9.17, 15) is 4.79 Å². The zero-order chi connectivity index (χ0) is 8.55. The van der Waals surface area contributed by atoms with Crippen LogP contribution in [-0.4, -0.2) is 12.5 Å². The number of carbonyl (C=O) groups is 1. The average Bonchev–Trinajstić information content (AvgIpc) is 2.07. The first-order chi connectivity index (χ1) is 5.79. The monoisotopic (exact) mass is 179 g/mol. The van der Waals surface area contributed by atoms with Crippen molar-refractivity contribution >= 4 is 18.5 Å². The summed E-state index contributed by atoms with van der Waals surface area (Å²) in [6, 6.07) is 5.61. The van der Waals surface area contributed by atoms with Crippen LogP contribution in [0.3, 0.4) is 0 Å². The van der Waals surface area contributed by atoms with Gasteiger partial charge in [-0.3, -0.25) is 4.79 Å². The molecule has 2 nitrogen and oxygen atoms in total. The molecular formula is C9H9NOS. The number of benzene rings is 1. The van der Waals surface area contributed by atoms with Crippen molar-refractivity contribution in [2.45, 2.75) is 11.3 Å². The summed E-state index contributed by atoms with van der Waals surface area (Å²) >= 11 is 4.30. The number of fused-ring (bicyclic) bond motifs is 1. The second-order valence-electron chi connectivity index (χ2n) is 2.81. The first kappa shape index (κ1) is 7.68. The summed E-state index contributed by atoms with van der Waals surface area (Å²) in [6.07, 6.45) is 0.890. The van der Waals surface area contributed by atoms with Crippen LogP contribution in [0.25, 0.3) is 0 Å². The Morgan fingerprint density at radius 3 is 3.00 bits per heavy atom. The molecule has 12 heavy (non-hydrogen) atoms. The van der Waals surface area contributed by atoms with Gasteiger partial charge in [0, 0.05) is 17.0 Å². The molecule has 1 heterocycles. The summed E-state index contributed by atoms with van der Waals surface area (Å²) in [4.78, 5) is 12.2. The Labute approximate surface area is 76.4 Å². The van der Waals surface area contributed by atoms with Crippen molar-refractivity contribution in [3.05, 3.63) is 29.3 Å². The van der Waals surface area contributed by atoms with Crippen LogP contribution < -0.4 is 5.32 Å². The molecule has 1 aromatic carbocycles. The molecule has 0 bridgehead atoms. The molecule has 0 aromatic heterocycles. The van der Waals surface area contributed by atoms with E-state index in [1.165, 1.54) is 0 Å². The van der Waals surface area contributed by atoms with E-state index in [-0.39, 0.29) is 5.91 Å². The number of amides is 1.